The van der Waals surface area contributed by atoms with Crippen molar-refractivity contribution < 1.29 is 23.8 Å². The molecule has 3 aromatic rings. The van der Waals surface area contributed by atoms with Crippen LogP contribution in [0.3, 0.4) is 0 Å². The first-order chi connectivity index (χ1) is 16.1. The number of hydrogen-bond acceptors (Lipinski definition) is 10. The van der Waals surface area contributed by atoms with Crippen LogP contribution in [0.25, 0.3) is 0 Å². The smallest absolute Gasteiger partial charge is 0.321 e. The predicted molar refractivity (Wildman–Crippen MR) is 125 cm³/mol. The van der Waals surface area contributed by atoms with Gasteiger partial charge in [0.15, 0.2) is 21.9 Å². The Bertz CT molecular complexity index is 1110. The predicted octanol–water partition coefficient (Wildman–Crippen LogP) is 3.05. The van der Waals surface area contributed by atoms with E-state index in [1.807, 2.05) is 42.5 Å². The monoisotopic (exact) mass is 487 g/mol. The molecule has 3 amide bonds. The van der Waals surface area contributed by atoms with Crippen LogP contribution in [0.4, 0.5) is 15.6 Å². The maximum absolute atomic E-state index is 12.1. The van der Waals surface area contributed by atoms with Gasteiger partial charge < -0.3 is 24.8 Å². The summed E-state index contributed by atoms with van der Waals surface area (Å²) in [6.07, 6.45) is -0.340. The van der Waals surface area contributed by atoms with Crippen molar-refractivity contribution in [3.8, 4) is 17.2 Å². The highest BCUT2D eigenvalue weighted by Gasteiger charge is 2.21. The van der Waals surface area contributed by atoms with E-state index in [1.165, 1.54) is 23.1 Å². The number of nitrogens with zero attached hydrogens (tertiary/aromatic N) is 2. The summed E-state index contributed by atoms with van der Waals surface area (Å²) in [5.74, 6) is 1.64. The van der Waals surface area contributed by atoms with Crippen LogP contribution in [0.15, 0.2) is 52.9 Å². The van der Waals surface area contributed by atoms with Crippen molar-refractivity contribution in [1.82, 2.24) is 20.8 Å². The summed E-state index contributed by atoms with van der Waals surface area (Å²) in [6.45, 7) is 0.516. The molecule has 0 fully saturated rings. The van der Waals surface area contributed by atoms with E-state index >= 15 is 0 Å². The lowest BCUT2D eigenvalue weighted by molar-refractivity contribution is -0.117. The van der Waals surface area contributed by atoms with Crippen LogP contribution in [0.5, 0.6) is 17.2 Å². The number of urea groups is 1. The van der Waals surface area contributed by atoms with Gasteiger partial charge in [-0.15, -0.1) is 10.2 Å². The molecule has 0 saturated heterocycles. The Labute approximate surface area is 198 Å². The van der Waals surface area contributed by atoms with Gasteiger partial charge in [-0.2, -0.15) is 0 Å². The number of fused-ring (bicyclic) bond motifs is 1. The van der Waals surface area contributed by atoms with Gasteiger partial charge in [-0.1, -0.05) is 35.2 Å². The van der Waals surface area contributed by atoms with E-state index < -0.39 is 11.9 Å². The molecule has 1 unspecified atom stereocenters. The fourth-order valence-corrected chi connectivity index (χ4v) is 4.39. The van der Waals surface area contributed by atoms with Gasteiger partial charge in [-0.3, -0.25) is 10.1 Å². The summed E-state index contributed by atoms with van der Waals surface area (Å²) in [5.41, 5.74) is 0.841. The Morgan fingerprint density at radius 2 is 1.94 bits per heavy atom. The molecule has 1 aliphatic heterocycles. The van der Waals surface area contributed by atoms with Crippen LogP contribution in [0, 0.1) is 0 Å². The van der Waals surface area contributed by atoms with Crippen LogP contribution >= 0.6 is 23.1 Å². The lowest BCUT2D eigenvalue weighted by Gasteiger charge is -2.26. The van der Waals surface area contributed by atoms with Crippen molar-refractivity contribution in [3.05, 3.63) is 48.5 Å². The fraction of sp³-hybridized carbons (Fsp3) is 0.238. The third-order valence-electron chi connectivity index (χ3n) is 4.39. The Balaban J connectivity index is 1.16. The van der Waals surface area contributed by atoms with Crippen molar-refractivity contribution >= 4 is 45.9 Å². The highest BCUT2D eigenvalue weighted by atomic mass is 32.2. The van der Waals surface area contributed by atoms with Gasteiger partial charge in [0.2, 0.25) is 11.0 Å². The standard InChI is InChI=1S/C21H21N5O5S2/c1-29-14-8-6-13(7-9-14)23-20-25-26-21(33-20)32-12-18(27)24-19(28)22-10-15-11-30-16-4-2-3-5-17(16)31-15/h2-9,15H,10-12H2,1H3,(H,23,25)(H2,22,24,27,28). The zero-order chi connectivity index (χ0) is 23.0. The van der Waals surface area contributed by atoms with Gasteiger partial charge >= 0.3 is 6.03 Å². The number of imide groups is 1. The summed E-state index contributed by atoms with van der Waals surface area (Å²) >= 11 is 2.50. The zero-order valence-electron chi connectivity index (χ0n) is 17.6. The lowest BCUT2D eigenvalue weighted by Crippen LogP contribution is -2.46. The number of hydrogen-bond donors (Lipinski definition) is 3. The van der Waals surface area contributed by atoms with Crippen molar-refractivity contribution in [2.45, 2.75) is 10.4 Å². The molecular formula is C21H21N5O5S2. The first-order valence-corrected chi connectivity index (χ1v) is 11.7. The number of methoxy groups -OCH3 is 1. The van der Waals surface area contributed by atoms with E-state index in [2.05, 4.69) is 26.1 Å². The third-order valence-corrected chi connectivity index (χ3v) is 6.36. The molecule has 172 valence electrons. The summed E-state index contributed by atoms with van der Waals surface area (Å²) in [6, 6.07) is 14.1. The SMILES string of the molecule is COc1ccc(Nc2nnc(SCC(=O)NC(=O)NCC3COc4ccccc4O3)s2)cc1. The molecule has 3 N–H and O–H groups in total. The average Bonchev–Trinajstić information content (AvgIpc) is 3.29. The normalized spacial score (nSPS) is 14.3. The Kier molecular flexibility index (Phi) is 7.47. The van der Waals surface area contributed by atoms with Crippen LogP contribution in [0.2, 0.25) is 0 Å². The van der Waals surface area contributed by atoms with E-state index in [4.69, 9.17) is 14.2 Å². The first kappa shape index (κ1) is 22.7. The van der Waals surface area contributed by atoms with E-state index in [0.717, 1.165) is 11.4 Å². The number of thioether (sulfide) groups is 1. The number of benzene rings is 2. The highest BCUT2D eigenvalue weighted by molar-refractivity contribution is 8.01. The van der Waals surface area contributed by atoms with Crippen molar-refractivity contribution in [1.29, 1.82) is 0 Å². The Hall–Kier alpha value is -3.51. The van der Waals surface area contributed by atoms with Gasteiger partial charge in [0.05, 0.1) is 19.4 Å². The fourth-order valence-electron chi connectivity index (χ4n) is 2.82. The second-order valence-corrected chi connectivity index (χ2v) is 8.97. The molecule has 1 aliphatic rings. The van der Waals surface area contributed by atoms with Crippen molar-refractivity contribution in [3.63, 3.8) is 0 Å². The quantitative estimate of drug-likeness (QED) is 0.411. The lowest BCUT2D eigenvalue weighted by atomic mass is 10.2. The molecule has 1 atom stereocenters. The number of ether oxygens (including phenoxy) is 3. The second-order valence-electron chi connectivity index (χ2n) is 6.77. The number of para-hydroxylation sites is 2. The molecule has 10 nitrogen and oxygen atoms in total. The number of aromatic nitrogens is 2. The van der Waals surface area contributed by atoms with E-state index in [0.29, 0.717) is 27.6 Å². The molecule has 2 aromatic carbocycles. The number of carbonyl (C=O) groups excluding carboxylic acids is 2. The largest absolute Gasteiger partial charge is 0.497 e. The van der Waals surface area contributed by atoms with Crippen molar-refractivity contribution in [2.75, 3.05) is 31.3 Å². The van der Waals surface area contributed by atoms with Crippen LogP contribution < -0.4 is 30.2 Å². The van der Waals surface area contributed by atoms with E-state index in [9.17, 15) is 9.59 Å². The maximum Gasteiger partial charge on any atom is 0.321 e. The summed E-state index contributed by atoms with van der Waals surface area (Å²) < 4.78 is 17.1. The summed E-state index contributed by atoms with van der Waals surface area (Å²) in [7, 11) is 1.61. The topological polar surface area (TPSA) is 124 Å². The number of nitrogens with one attached hydrogen (secondary N) is 3. The first-order valence-electron chi connectivity index (χ1n) is 9.92. The van der Waals surface area contributed by atoms with Gasteiger partial charge in [0, 0.05) is 5.69 Å². The third kappa shape index (κ3) is 6.49. The van der Waals surface area contributed by atoms with E-state index in [1.54, 1.807) is 13.2 Å². The Morgan fingerprint density at radius 3 is 2.73 bits per heavy atom. The van der Waals surface area contributed by atoms with Gasteiger partial charge in [-0.25, -0.2) is 4.79 Å². The molecule has 1 aromatic heterocycles. The van der Waals surface area contributed by atoms with Crippen LogP contribution in [0.1, 0.15) is 0 Å². The van der Waals surface area contributed by atoms with E-state index in [-0.39, 0.29) is 18.4 Å². The molecule has 0 spiro atoms. The minimum atomic E-state index is -0.595. The number of carbonyl (C=O) groups is 2. The van der Waals surface area contributed by atoms with Crippen LogP contribution in [-0.4, -0.2) is 54.3 Å². The molecule has 2 heterocycles. The molecule has 0 aliphatic carbocycles. The second kappa shape index (κ2) is 10.9. The van der Waals surface area contributed by atoms with Crippen LogP contribution in [-0.2, 0) is 4.79 Å². The minimum absolute atomic E-state index is 0.0288. The summed E-state index contributed by atoms with van der Waals surface area (Å²) in [4.78, 5) is 24.1. The molecule has 12 heteroatoms. The Morgan fingerprint density at radius 1 is 1.15 bits per heavy atom. The number of anilines is 2. The maximum atomic E-state index is 12.1. The van der Waals surface area contributed by atoms with Gasteiger partial charge in [-0.05, 0) is 36.4 Å². The number of amides is 3. The van der Waals surface area contributed by atoms with Crippen molar-refractivity contribution in [2.24, 2.45) is 0 Å². The van der Waals surface area contributed by atoms with Gasteiger partial charge in [0.25, 0.3) is 0 Å². The molecule has 33 heavy (non-hydrogen) atoms. The minimum Gasteiger partial charge on any atom is -0.497 e. The molecule has 0 bridgehead atoms. The highest BCUT2D eigenvalue weighted by Crippen LogP contribution is 2.31. The molecule has 0 saturated carbocycles. The average molecular weight is 488 g/mol. The summed E-state index contributed by atoms with van der Waals surface area (Å²) in [5, 5.41) is 16.8. The molecule has 0 radical (unpaired) electrons. The van der Waals surface area contributed by atoms with Gasteiger partial charge in [0.1, 0.15) is 12.4 Å². The molecular weight excluding hydrogens is 466 g/mol. The molecule has 4 rings (SSSR count). The zero-order valence-corrected chi connectivity index (χ0v) is 19.2. The number of rotatable bonds is 8.